The van der Waals surface area contributed by atoms with E-state index in [0.29, 0.717) is 18.1 Å². The van der Waals surface area contributed by atoms with E-state index in [2.05, 4.69) is 5.32 Å². The molecule has 2 N–H and O–H groups in total. The van der Waals surface area contributed by atoms with Crippen LogP contribution in [0.2, 0.25) is 5.02 Å². The van der Waals surface area contributed by atoms with Crippen molar-refractivity contribution < 1.29 is 9.84 Å². The van der Waals surface area contributed by atoms with E-state index < -0.39 is 5.60 Å². The first kappa shape index (κ1) is 14.3. The molecule has 0 saturated heterocycles. The Balaban J connectivity index is 2.76. The first-order chi connectivity index (χ1) is 7.83. The van der Waals surface area contributed by atoms with Gasteiger partial charge in [0.2, 0.25) is 0 Å². The number of rotatable bonds is 5. The lowest BCUT2D eigenvalue weighted by Crippen LogP contribution is -2.34. The molecule has 0 aliphatic heterocycles. The highest BCUT2D eigenvalue weighted by Crippen LogP contribution is 2.27. The van der Waals surface area contributed by atoms with Crippen LogP contribution in [-0.4, -0.2) is 24.4 Å². The molecule has 1 aromatic carbocycles. The number of methoxy groups -OCH3 is 1. The van der Waals surface area contributed by atoms with Gasteiger partial charge in [-0.1, -0.05) is 11.6 Å². The maximum Gasteiger partial charge on any atom is 0.126 e. The van der Waals surface area contributed by atoms with Crippen molar-refractivity contribution in [3.63, 3.8) is 0 Å². The highest BCUT2D eigenvalue weighted by molar-refractivity contribution is 6.30. The van der Waals surface area contributed by atoms with Gasteiger partial charge < -0.3 is 15.2 Å². The summed E-state index contributed by atoms with van der Waals surface area (Å²) in [5, 5.41) is 13.5. The van der Waals surface area contributed by atoms with Crippen molar-refractivity contribution in [2.24, 2.45) is 0 Å². The Hall–Kier alpha value is -0.770. The van der Waals surface area contributed by atoms with E-state index in [1.54, 1.807) is 21.0 Å². The van der Waals surface area contributed by atoms with Crippen molar-refractivity contribution in [1.29, 1.82) is 0 Å². The average molecular weight is 258 g/mol. The van der Waals surface area contributed by atoms with Gasteiger partial charge >= 0.3 is 0 Å². The van der Waals surface area contributed by atoms with E-state index in [9.17, 15) is 5.11 Å². The normalized spacial score (nSPS) is 11.6. The van der Waals surface area contributed by atoms with Gasteiger partial charge in [0.25, 0.3) is 0 Å². The number of aliphatic hydroxyl groups is 1. The Morgan fingerprint density at radius 3 is 2.59 bits per heavy atom. The van der Waals surface area contributed by atoms with Crippen LogP contribution in [0.1, 0.15) is 25.0 Å². The van der Waals surface area contributed by atoms with E-state index in [-0.39, 0.29) is 0 Å². The van der Waals surface area contributed by atoms with E-state index in [4.69, 9.17) is 16.3 Å². The van der Waals surface area contributed by atoms with Gasteiger partial charge in [0, 0.05) is 23.7 Å². The van der Waals surface area contributed by atoms with Crippen LogP contribution >= 0.6 is 11.6 Å². The van der Waals surface area contributed by atoms with Crippen molar-refractivity contribution in [2.45, 2.75) is 32.9 Å². The summed E-state index contributed by atoms with van der Waals surface area (Å²) in [5.74, 6) is 0.845. The van der Waals surface area contributed by atoms with Gasteiger partial charge in [-0.15, -0.1) is 0 Å². The minimum absolute atomic E-state index is 0.516. The number of ether oxygens (including phenoxy) is 1. The molecule has 0 fully saturated rings. The minimum Gasteiger partial charge on any atom is -0.496 e. The summed E-state index contributed by atoms with van der Waals surface area (Å²) >= 11 is 6.02. The van der Waals surface area contributed by atoms with E-state index in [1.807, 2.05) is 19.1 Å². The SMILES string of the molecule is COc1c(C)cc(Cl)cc1CNCC(C)(C)O. The summed E-state index contributed by atoms with van der Waals surface area (Å²) in [5.41, 5.74) is 1.29. The lowest BCUT2D eigenvalue weighted by atomic mass is 10.1. The fourth-order valence-electron chi connectivity index (χ4n) is 1.73. The lowest BCUT2D eigenvalue weighted by molar-refractivity contribution is 0.0794. The fourth-order valence-corrected chi connectivity index (χ4v) is 2.02. The Morgan fingerprint density at radius 2 is 2.06 bits per heavy atom. The Bertz CT molecular complexity index is 386. The Kier molecular flexibility index (Phi) is 4.80. The molecule has 0 spiro atoms. The molecule has 4 heteroatoms. The lowest BCUT2D eigenvalue weighted by Gasteiger charge is -2.19. The molecule has 0 amide bonds. The van der Waals surface area contributed by atoms with Gasteiger partial charge in [-0.2, -0.15) is 0 Å². The number of benzene rings is 1. The van der Waals surface area contributed by atoms with Gasteiger partial charge in [-0.3, -0.25) is 0 Å². The smallest absolute Gasteiger partial charge is 0.126 e. The van der Waals surface area contributed by atoms with E-state index >= 15 is 0 Å². The number of nitrogens with one attached hydrogen (secondary N) is 1. The molecule has 0 radical (unpaired) electrons. The van der Waals surface area contributed by atoms with Gasteiger partial charge in [0.05, 0.1) is 12.7 Å². The third-order valence-corrected chi connectivity index (χ3v) is 2.61. The quantitative estimate of drug-likeness (QED) is 0.852. The first-order valence-electron chi connectivity index (χ1n) is 5.59. The third kappa shape index (κ3) is 4.54. The van der Waals surface area contributed by atoms with Crippen LogP contribution in [0.5, 0.6) is 5.75 Å². The second-order valence-corrected chi connectivity index (χ2v) is 5.27. The highest BCUT2D eigenvalue weighted by Gasteiger charge is 2.13. The van der Waals surface area contributed by atoms with Crippen LogP contribution in [-0.2, 0) is 6.54 Å². The van der Waals surface area contributed by atoms with Crippen LogP contribution < -0.4 is 10.1 Å². The summed E-state index contributed by atoms with van der Waals surface area (Å²) in [6.45, 7) is 6.63. The molecule has 1 rings (SSSR count). The van der Waals surface area contributed by atoms with Crippen molar-refractivity contribution in [3.8, 4) is 5.75 Å². The predicted molar refractivity (Wildman–Crippen MR) is 70.7 cm³/mol. The van der Waals surface area contributed by atoms with Crippen LogP contribution in [0.4, 0.5) is 0 Å². The molecule has 0 unspecified atom stereocenters. The fraction of sp³-hybridized carbons (Fsp3) is 0.538. The molecule has 3 nitrogen and oxygen atoms in total. The van der Waals surface area contributed by atoms with Gasteiger partial charge in [0.15, 0.2) is 0 Å². The van der Waals surface area contributed by atoms with Crippen molar-refractivity contribution >= 4 is 11.6 Å². The summed E-state index contributed by atoms with van der Waals surface area (Å²) in [6.07, 6.45) is 0. The molecule has 0 heterocycles. The second-order valence-electron chi connectivity index (χ2n) is 4.83. The van der Waals surface area contributed by atoms with E-state index in [0.717, 1.165) is 16.9 Å². The molecule has 0 aromatic heterocycles. The highest BCUT2D eigenvalue weighted by atomic mass is 35.5. The number of aryl methyl sites for hydroxylation is 1. The molecule has 0 aliphatic rings. The van der Waals surface area contributed by atoms with Crippen molar-refractivity contribution in [3.05, 3.63) is 28.3 Å². The molecule has 0 atom stereocenters. The maximum atomic E-state index is 9.61. The van der Waals surface area contributed by atoms with Crippen LogP contribution in [0, 0.1) is 6.92 Å². The standard InChI is InChI=1S/C13H20ClNO2/c1-9-5-11(14)6-10(12(9)17-4)7-15-8-13(2,3)16/h5-6,15-16H,7-8H2,1-4H3. The van der Waals surface area contributed by atoms with Crippen LogP contribution in [0.3, 0.4) is 0 Å². The molecule has 1 aromatic rings. The molecule has 0 bridgehead atoms. The summed E-state index contributed by atoms with van der Waals surface area (Å²) in [6, 6.07) is 3.75. The van der Waals surface area contributed by atoms with Crippen molar-refractivity contribution in [2.75, 3.05) is 13.7 Å². The van der Waals surface area contributed by atoms with Crippen LogP contribution in [0.25, 0.3) is 0 Å². The molecule has 96 valence electrons. The molecule has 0 saturated carbocycles. The van der Waals surface area contributed by atoms with Gasteiger partial charge in [0.1, 0.15) is 5.75 Å². The first-order valence-corrected chi connectivity index (χ1v) is 5.97. The third-order valence-electron chi connectivity index (χ3n) is 2.39. The number of halogens is 1. The molecular weight excluding hydrogens is 238 g/mol. The summed E-state index contributed by atoms with van der Waals surface area (Å²) in [4.78, 5) is 0. The largest absolute Gasteiger partial charge is 0.496 e. The Morgan fingerprint density at radius 1 is 1.41 bits per heavy atom. The average Bonchev–Trinajstić information content (AvgIpc) is 2.14. The van der Waals surface area contributed by atoms with Crippen molar-refractivity contribution in [1.82, 2.24) is 5.32 Å². The summed E-state index contributed by atoms with van der Waals surface area (Å²) in [7, 11) is 1.65. The van der Waals surface area contributed by atoms with Crippen LogP contribution in [0.15, 0.2) is 12.1 Å². The van der Waals surface area contributed by atoms with Gasteiger partial charge in [-0.25, -0.2) is 0 Å². The second kappa shape index (κ2) is 5.71. The van der Waals surface area contributed by atoms with E-state index in [1.165, 1.54) is 0 Å². The minimum atomic E-state index is -0.721. The number of hydrogen-bond acceptors (Lipinski definition) is 3. The predicted octanol–water partition coefficient (Wildman–Crippen LogP) is 2.52. The zero-order valence-electron chi connectivity index (χ0n) is 10.8. The molecule has 0 aliphatic carbocycles. The monoisotopic (exact) mass is 257 g/mol. The van der Waals surface area contributed by atoms with Gasteiger partial charge in [-0.05, 0) is 38.5 Å². The summed E-state index contributed by atoms with van der Waals surface area (Å²) < 4.78 is 5.35. The Labute approximate surface area is 108 Å². The zero-order valence-corrected chi connectivity index (χ0v) is 11.6. The molecular formula is C13H20ClNO2. The molecule has 17 heavy (non-hydrogen) atoms. The number of hydrogen-bond donors (Lipinski definition) is 2. The topological polar surface area (TPSA) is 41.5 Å². The maximum absolute atomic E-state index is 9.61. The zero-order chi connectivity index (χ0) is 13.1.